The number of hydrogen-bond donors (Lipinski definition) is 1. The summed E-state index contributed by atoms with van der Waals surface area (Å²) in [6.07, 6.45) is 0.854. The van der Waals surface area contributed by atoms with Crippen molar-refractivity contribution in [2.45, 2.75) is 31.1 Å². The number of nitro groups is 1. The third kappa shape index (κ3) is 4.08. The summed E-state index contributed by atoms with van der Waals surface area (Å²) in [5.74, 6) is 0.174. The van der Waals surface area contributed by atoms with Crippen molar-refractivity contribution >= 4 is 21.4 Å². The van der Waals surface area contributed by atoms with E-state index in [4.69, 9.17) is 4.74 Å². The highest BCUT2D eigenvalue weighted by Gasteiger charge is 2.23. The van der Waals surface area contributed by atoms with Gasteiger partial charge >= 0.3 is 5.69 Å². The van der Waals surface area contributed by atoms with Gasteiger partial charge in [0.2, 0.25) is 0 Å². The highest BCUT2D eigenvalue weighted by Crippen LogP contribution is 2.32. The monoisotopic (exact) mass is 364 g/mol. The average molecular weight is 364 g/mol. The van der Waals surface area contributed by atoms with Gasteiger partial charge in [0, 0.05) is 6.07 Å². The third-order valence-electron chi connectivity index (χ3n) is 4.01. The van der Waals surface area contributed by atoms with Crippen molar-refractivity contribution in [2.24, 2.45) is 0 Å². The Morgan fingerprint density at radius 2 is 1.92 bits per heavy atom. The van der Waals surface area contributed by atoms with E-state index in [0.717, 1.165) is 18.1 Å². The van der Waals surface area contributed by atoms with Crippen LogP contribution in [-0.2, 0) is 10.0 Å². The smallest absolute Gasteiger partial charge is 0.312 e. The van der Waals surface area contributed by atoms with Crippen molar-refractivity contribution in [3.63, 3.8) is 0 Å². The number of benzene rings is 2. The number of nitrogens with one attached hydrogen (secondary N) is 1. The van der Waals surface area contributed by atoms with Crippen molar-refractivity contribution in [1.82, 2.24) is 0 Å². The van der Waals surface area contributed by atoms with Crippen molar-refractivity contribution in [2.75, 3.05) is 11.8 Å². The lowest BCUT2D eigenvalue weighted by atomic mass is 9.97. The second kappa shape index (κ2) is 7.52. The molecule has 0 aliphatic heterocycles. The number of hydrogen-bond acceptors (Lipinski definition) is 5. The third-order valence-corrected chi connectivity index (χ3v) is 5.37. The summed E-state index contributed by atoms with van der Waals surface area (Å²) >= 11 is 0. The summed E-state index contributed by atoms with van der Waals surface area (Å²) in [5, 5.41) is 11.1. The van der Waals surface area contributed by atoms with Crippen LogP contribution in [0.4, 0.5) is 11.4 Å². The van der Waals surface area contributed by atoms with Crippen LogP contribution in [0.3, 0.4) is 0 Å². The van der Waals surface area contributed by atoms with E-state index in [-0.39, 0.29) is 16.6 Å². The Hall–Kier alpha value is -2.61. The van der Waals surface area contributed by atoms with E-state index in [1.807, 2.05) is 26.0 Å². The van der Waals surface area contributed by atoms with E-state index in [1.165, 1.54) is 19.2 Å². The molecule has 0 radical (unpaired) electrons. The Bertz CT molecular complexity index is 880. The molecule has 0 unspecified atom stereocenters. The van der Waals surface area contributed by atoms with Crippen molar-refractivity contribution in [3.05, 3.63) is 58.1 Å². The molecule has 134 valence electrons. The molecule has 0 amide bonds. The van der Waals surface area contributed by atoms with Crippen LogP contribution in [0.2, 0.25) is 0 Å². The minimum Gasteiger partial charge on any atom is -0.490 e. The van der Waals surface area contributed by atoms with Gasteiger partial charge in [0.15, 0.2) is 5.75 Å². The molecule has 0 spiro atoms. The molecule has 0 aliphatic rings. The maximum absolute atomic E-state index is 12.7. The highest BCUT2D eigenvalue weighted by atomic mass is 32.2. The number of rotatable bonds is 7. The average Bonchev–Trinajstić information content (AvgIpc) is 2.60. The molecule has 0 heterocycles. The lowest BCUT2D eigenvalue weighted by Gasteiger charge is -2.16. The molecule has 0 fully saturated rings. The maximum atomic E-state index is 12.7. The fraction of sp³-hybridized carbons (Fsp3) is 0.294. The van der Waals surface area contributed by atoms with Gasteiger partial charge in [-0.3, -0.25) is 14.8 Å². The zero-order chi connectivity index (χ0) is 18.6. The summed E-state index contributed by atoms with van der Waals surface area (Å²) in [6, 6.07) is 10.7. The number of ether oxygens (including phenoxy) is 1. The van der Waals surface area contributed by atoms with Crippen molar-refractivity contribution in [1.29, 1.82) is 0 Å². The number of sulfonamides is 1. The van der Waals surface area contributed by atoms with Crippen LogP contribution < -0.4 is 9.46 Å². The number of nitrogens with zero attached hydrogens (tertiary/aromatic N) is 1. The Kier molecular flexibility index (Phi) is 5.63. The lowest BCUT2D eigenvalue weighted by Crippen LogP contribution is -2.15. The van der Waals surface area contributed by atoms with Gasteiger partial charge in [0.1, 0.15) is 0 Å². The first-order valence-electron chi connectivity index (χ1n) is 7.74. The summed E-state index contributed by atoms with van der Waals surface area (Å²) in [4.78, 5) is 10.2. The SMILES string of the molecule is CC[C@H](C)c1ccccc1NS(=O)(=O)c1ccc(OC)c([N+](=O)[O-])c1. The number of para-hydroxylation sites is 1. The van der Waals surface area contributed by atoms with Crippen LogP contribution in [0.15, 0.2) is 47.4 Å². The molecule has 2 rings (SSSR count). The van der Waals surface area contributed by atoms with Gasteiger partial charge in [-0.1, -0.05) is 32.0 Å². The van der Waals surface area contributed by atoms with E-state index in [2.05, 4.69) is 4.72 Å². The van der Waals surface area contributed by atoms with E-state index in [0.29, 0.717) is 5.69 Å². The van der Waals surface area contributed by atoms with E-state index >= 15 is 0 Å². The van der Waals surface area contributed by atoms with Gasteiger partial charge in [0.05, 0.1) is 22.6 Å². The molecule has 0 aliphatic carbocycles. The van der Waals surface area contributed by atoms with Gasteiger partial charge in [-0.2, -0.15) is 0 Å². The Balaban J connectivity index is 2.44. The molecule has 1 N–H and O–H groups in total. The number of methoxy groups -OCH3 is 1. The van der Waals surface area contributed by atoms with Crippen LogP contribution in [0.1, 0.15) is 31.7 Å². The second-order valence-corrected chi connectivity index (χ2v) is 7.28. The topological polar surface area (TPSA) is 98.5 Å². The van der Waals surface area contributed by atoms with Gasteiger partial charge < -0.3 is 4.74 Å². The van der Waals surface area contributed by atoms with Crippen molar-refractivity contribution in [3.8, 4) is 5.75 Å². The van der Waals surface area contributed by atoms with Crippen molar-refractivity contribution < 1.29 is 18.1 Å². The molecular weight excluding hydrogens is 344 g/mol. The van der Waals surface area contributed by atoms with Crippen LogP contribution in [0, 0.1) is 10.1 Å². The summed E-state index contributed by atoms with van der Waals surface area (Å²) in [6.45, 7) is 4.02. The minimum absolute atomic E-state index is 0.00366. The second-order valence-electron chi connectivity index (χ2n) is 5.59. The molecule has 0 saturated heterocycles. The Morgan fingerprint density at radius 3 is 2.52 bits per heavy atom. The summed E-state index contributed by atoms with van der Waals surface area (Å²) < 4.78 is 32.8. The first-order valence-corrected chi connectivity index (χ1v) is 9.22. The molecule has 0 aromatic heterocycles. The zero-order valence-electron chi connectivity index (χ0n) is 14.2. The van der Waals surface area contributed by atoms with Crippen LogP contribution in [-0.4, -0.2) is 20.5 Å². The standard InChI is InChI=1S/C17H20N2O5S/c1-4-12(2)14-7-5-6-8-15(14)18-25(22,23)13-9-10-17(24-3)16(11-13)19(20)21/h5-12,18H,4H2,1-3H3/t12-/m0/s1. The summed E-state index contributed by atoms with van der Waals surface area (Å²) in [7, 11) is -2.68. The molecular formula is C17H20N2O5S. The Labute approximate surface area is 146 Å². The maximum Gasteiger partial charge on any atom is 0.312 e. The van der Waals surface area contributed by atoms with E-state index < -0.39 is 20.6 Å². The fourth-order valence-corrected chi connectivity index (χ4v) is 3.53. The molecule has 25 heavy (non-hydrogen) atoms. The molecule has 2 aromatic carbocycles. The number of anilines is 1. The van der Waals surface area contributed by atoms with Crippen LogP contribution in [0.25, 0.3) is 0 Å². The molecule has 1 atom stereocenters. The zero-order valence-corrected chi connectivity index (χ0v) is 15.0. The molecule has 7 nitrogen and oxygen atoms in total. The fourth-order valence-electron chi connectivity index (χ4n) is 2.42. The predicted molar refractivity (Wildman–Crippen MR) is 95.6 cm³/mol. The molecule has 8 heteroatoms. The molecule has 2 aromatic rings. The Morgan fingerprint density at radius 1 is 1.24 bits per heavy atom. The minimum atomic E-state index is -3.97. The van der Waals surface area contributed by atoms with Crippen LogP contribution in [0.5, 0.6) is 5.75 Å². The lowest BCUT2D eigenvalue weighted by molar-refractivity contribution is -0.386. The normalized spacial score (nSPS) is 12.4. The van der Waals surface area contributed by atoms with E-state index in [1.54, 1.807) is 12.1 Å². The first kappa shape index (κ1) is 18.7. The first-order chi connectivity index (χ1) is 11.8. The predicted octanol–water partition coefficient (Wildman–Crippen LogP) is 3.92. The van der Waals surface area contributed by atoms with Gasteiger partial charge in [-0.25, -0.2) is 8.42 Å². The number of nitro benzene ring substituents is 1. The molecule has 0 bridgehead atoms. The molecule has 0 saturated carbocycles. The van der Waals surface area contributed by atoms with Gasteiger partial charge in [0.25, 0.3) is 10.0 Å². The van der Waals surface area contributed by atoms with Gasteiger partial charge in [-0.05, 0) is 36.1 Å². The van der Waals surface area contributed by atoms with E-state index in [9.17, 15) is 18.5 Å². The quantitative estimate of drug-likeness (QED) is 0.593. The highest BCUT2D eigenvalue weighted by molar-refractivity contribution is 7.92. The van der Waals surface area contributed by atoms with Crippen LogP contribution >= 0.6 is 0 Å². The largest absolute Gasteiger partial charge is 0.490 e. The van der Waals surface area contributed by atoms with Gasteiger partial charge in [-0.15, -0.1) is 0 Å². The summed E-state index contributed by atoms with van der Waals surface area (Å²) in [5.41, 5.74) is 0.937.